The molecule has 0 heterocycles. The van der Waals surface area contributed by atoms with Crippen LogP contribution in [-0.4, -0.2) is 82.2 Å². The molecular weight excluding hydrogens is 401 g/mol. The van der Waals surface area contributed by atoms with Gasteiger partial charge < -0.3 is 30.0 Å². The van der Waals surface area contributed by atoms with E-state index >= 15 is 0 Å². The molecule has 7 heteroatoms. The maximum atomic E-state index is 10.2. The van der Waals surface area contributed by atoms with Crippen LogP contribution < -0.4 is 10.2 Å². The van der Waals surface area contributed by atoms with Crippen LogP contribution in [0.5, 0.6) is 0 Å². The van der Waals surface area contributed by atoms with Crippen molar-refractivity contribution in [1.82, 2.24) is 0 Å². The summed E-state index contributed by atoms with van der Waals surface area (Å²) < 4.78 is 0. The Hall–Kier alpha value is 0.431. The summed E-state index contributed by atoms with van der Waals surface area (Å²) in [5, 5.41) is 38.6. The summed E-state index contributed by atoms with van der Waals surface area (Å²) >= 11 is 0. The van der Waals surface area contributed by atoms with Crippen LogP contribution in [0.4, 0.5) is 0 Å². The number of aliphatic hydroxyl groups is 2. The van der Waals surface area contributed by atoms with Gasteiger partial charge in [-0.1, -0.05) is 27.7 Å². The van der Waals surface area contributed by atoms with Crippen LogP contribution in [0.25, 0.3) is 0 Å². The van der Waals surface area contributed by atoms with Gasteiger partial charge in [0.25, 0.3) is 0 Å². The molecule has 2 N–H and O–H groups in total. The van der Waals surface area contributed by atoms with Crippen molar-refractivity contribution in [2.24, 2.45) is 11.8 Å². The zero-order chi connectivity index (χ0) is 16.7. The molecule has 0 spiro atoms. The van der Waals surface area contributed by atoms with E-state index in [9.17, 15) is 19.8 Å². The SMILES string of the molecule is CC(C)C[C@](C)(O)C(=O)[O-].CC(C)C[C@](C)(O)C(=O)[O-].[Ba+2]. The van der Waals surface area contributed by atoms with Crippen molar-refractivity contribution >= 4 is 60.8 Å². The Labute approximate surface area is 167 Å². The van der Waals surface area contributed by atoms with Gasteiger partial charge in [0.05, 0.1) is 11.9 Å². The van der Waals surface area contributed by atoms with E-state index in [1.807, 2.05) is 27.7 Å². The number of rotatable bonds is 6. The molecule has 6 nitrogen and oxygen atoms in total. The maximum absolute atomic E-state index is 10.2. The largest absolute Gasteiger partial charge is 2.00 e. The Morgan fingerprint density at radius 3 is 1.10 bits per heavy atom. The van der Waals surface area contributed by atoms with Crippen LogP contribution in [0.1, 0.15) is 54.4 Å². The normalized spacial score (nSPS) is 16.1. The molecule has 0 saturated heterocycles. The van der Waals surface area contributed by atoms with E-state index in [0.717, 1.165) is 0 Å². The molecule has 120 valence electrons. The molecule has 0 radical (unpaired) electrons. The second kappa shape index (κ2) is 11.0. The van der Waals surface area contributed by atoms with E-state index < -0.39 is 23.1 Å². The minimum absolute atomic E-state index is 0. The Kier molecular flexibility index (Phi) is 13.8. The van der Waals surface area contributed by atoms with Crippen LogP contribution >= 0.6 is 0 Å². The summed E-state index contributed by atoms with van der Waals surface area (Å²) in [5.74, 6) is -2.48. The van der Waals surface area contributed by atoms with Gasteiger partial charge in [0.2, 0.25) is 0 Å². The van der Waals surface area contributed by atoms with Gasteiger partial charge in [0, 0.05) is 0 Å². The van der Waals surface area contributed by atoms with E-state index in [-0.39, 0.29) is 73.6 Å². The van der Waals surface area contributed by atoms with Crippen LogP contribution in [0.3, 0.4) is 0 Å². The third-order valence-corrected chi connectivity index (χ3v) is 2.49. The first-order valence-corrected chi connectivity index (χ1v) is 6.60. The third-order valence-electron chi connectivity index (χ3n) is 2.49. The Balaban J connectivity index is -0.000000295. The number of hydrogen-bond acceptors (Lipinski definition) is 6. The molecule has 0 aliphatic rings. The molecule has 0 unspecified atom stereocenters. The van der Waals surface area contributed by atoms with Gasteiger partial charge in [-0.2, -0.15) is 0 Å². The molecule has 0 fully saturated rings. The number of carbonyl (C=O) groups is 2. The molecule has 0 aromatic heterocycles. The first-order chi connectivity index (χ1) is 8.72. The fraction of sp³-hybridized carbons (Fsp3) is 0.857. The number of carboxylic acids is 2. The van der Waals surface area contributed by atoms with E-state index in [1.54, 1.807) is 0 Å². The predicted octanol–water partition coefficient (Wildman–Crippen LogP) is -1.31. The van der Waals surface area contributed by atoms with Gasteiger partial charge in [0.15, 0.2) is 0 Å². The van der Waals surface area contributed by atoms with Crippen LogP contribution in [0, 0.1) is 11.8 Å². The fourth-order valence-corrected chi connectivity index (χ4v) is 1.76. The van der Waals surface area contributed by atoms with E-state index in [4.69, 9.17) is 10.2 Å². The smallest absolute Gasteiger partial charge is 0.547 e. The minimum Gasteiger partial charge on any atom is -0.547 e. The average Bonchev–Trinajstić information content (AvgIpc) is 2.13. The third kappa shape index (κ3) is 13.8. The summed E-state index contributed by atoms with van der Waals surface area (Å²) in [6.07, 6.45) is 0.463. The van der Waals surface area contributed by atoms with Gasteiger partial charge in [-0.25, -0.2) is 0 Å². The van der Waals surface area contributed by atoms with E-state index in [2.05, 4.69) is 0 Å². The monoisotopic (exact) mass is 428 g/mol. The first-order valence-electron chi connectivity index (χ1n) is 6.60. The molecule has 0 aliphatic heterocycles. The van der Waals surface area contributed by atoms with Crippen LogP contribution in [-0.2, 0) is 9.59 Å². The van der Waals surface area contributed by atoms with Gasteiger partial charge in [0.1, 0.15) is 11.2 Å². The number of carbonyl (C=O) groups excluding carboxylic acids is 2. The zero-order valence-corrected chi connectivity index (χ0v) is 18.2. The second-order valence-corrected chi connectivity index (χ2v) is 6.32. The van der Waals surface area contributed by atoms with Gasteiger partial charge in [-0.15, -0.1) is 0 Å². The van der Waals surface area contributed by atoms with Crippen molar-refractivity contribution in [2.45, 2.75) is 65.6 Å². The number of aliphatic carboxylic acids is 2. The molecule has 0 amide bonds. The first kappa shape index (κ1) is 26.3. The van der Waals surface area contributed by atoms with Crippen molar-refractivity contribution in [2.75, 3.05) is 0 Å². The molecule has 2 atom stereocenters. The number of hydrogen-bond donors (Lipinski definition) is 2. The predicted molar refractivity (Wildman–Crippen MR) is 75.9 cm³/mol. The van der Waals surface area contributed by atoms with E-state index in [1.165, 1.54) is 13.8 Å². The van der Waals surface area contributed by atoms with Crippen molar-refractivity contribution < 1.29 is 30.0 Å². The fourth-order valence-electron chi connectivity index (χ4n) is 1.76. The Bertz CT molecular complexity index is 291. The summed E-state index contributed by atoms with van der Waals surface area (Å²) in [6, 6.07) is 0. The van der Waals surface area contributed by atoms with Crippen molar-refractivity contribution in [1.29, 1.82) is 0 Å². The van der Waals surface area contributed by atoms with Crippen molar-refractivity contribution in [3.63, 3.8) is 0 Å². The summed E-state index contributed by atoms with van der Waals surface area (Å²) in [4.78, 5) is 20.4. The zero-order valence-electron chi connectivity index (χ0n) is 13.8. The van der Waals surface area contributed by atoms with Crippen molar-refractivity contribution in [3.05, 3.63) is 0 Å². The number of carboxylic acid groups (broad SMARTS) is 2. The molecule has 21 heavy (non-hydrogen) atoms. The average molecular weight is 428 g/mol. The molecule has 0 aromatic rings. The second-order valence-electron chi connectivity index (χ2n) is 6.32. The minimum atomic E-state index is -1.67. The summed E-state index contributed by atoms with van der Waals surface area (Å²) in [6.45, 7) is 9.88. The molecule has 0 bridgehead atoms. The maximum Gasteiger partial charge on any atom is 2.00 e. The van der Waals surface area contributed by atoms with Crippen molar-refractivity contribution in [3.8, 4) is 0 Å². The summed E-state index contributed by atoms with van der Waals surface area (Å²) in [5.41, 5.74) is -3.34. The molecule has 0 aliphatic carbocycles. The van der Waals surface area contributed by atoms with E-state index in [0.29, 0.717) is 0 Å². The summed E-state index contributed by atoms with van der Waals surface area (Å²) in [7, 11) is 0. The topological polar surface area (TPSA) is 121 Å². The Morgan fingerprint density at radius 1 is 0.857 bits per heavy atom. The Morgan fingerprint density at radius 2 is 1.05 bits per heavy atom. The molecule has 0 saturated carbocycles. The molecule has 0 rings (SSSR count). The van der Waals surface area contributed by atoms with Crippen LogP contribution in [0.15, 0.2) is 0 Å². The van der Waals surface area contributed by atoms with Gasteiger partial charge >= 0.3 is 48.9 Å². The standard InChI is InChI=1S/2C7H14O3.Ba/c2*1-5(2)4-7(3,10)6(8)9;/h2*5,10H,4H2,1-3H3,(H,8,9);/q;;+2/p-2/t2*7-;/m00./s1. The molecule has 0 aromatic carbocycles. The quantitative estimate of drug-likeness (QED) is 0.508. The van der Waals surface area contributed by atoms with Crippen LogP contribution in [0.2, 0.25) is 0 Å². The molecular formula is C14H26BaO6. The van der Waals surface area contributed by atoms with Gasteiger partial charge in [-0.3, -0.25) is 0 Å². The van der Waals surface area contributed by atoms with Gasteiger partial charge in [-0.05, 0) is 38.5 Å².